The third-order valence-electron chi connectivity index (χ3n) is 2.76. The normalized spacial score (nSPS) is 12.0. The number of rotatable bonds is 4. The first-order valence-corrected chi connectivity index (χ1v) is 5.87. The highest BCUT2D eigenvalue weighted by atomic mass is 16.3. The summed E-state index contributed by atoms with van der Waals surface area (Å²) in [4.78, 5) is 11.7. The molecule has 1 unspecified atom stereocenters. The van der Waals surface area contributed by atoms with Gasteiger partial charge in [-0.15, -0.1) is 0 Å². The molecule has 2 heteroatoms. The highest BCUT2D eigenvalue weighted by molar-refractivity contribution is 5.90. The Morgan fingerprint density at radius 2 is 2.06 bits per heavy atom. The molecule has 0 aliphatic heterocycles. The summed E-state index contributed by atoms with van der Waals surface area (Å²) in [5.74, 6) is 0.561. The predicted molar refractivity (Wildman–Crippen MR) is 70.3 cm³/mol. The average Bonchev–Trinajstić information content (AvgIpc) is 2.20. The molecule has 0 amide bonds. The molecule has 2 nitrogen and oxygen atoms in total. The van der Waals surface area contributed by atoms with E-state index < -0.39 is 0 Å². The molecule has 1 rings (SSSR count). The third-order valence-corrected chi connectivity index (χ3v) is 2.76. The van der Waals surface area contributed by atoms with E-state index in [2.05, 4.69) is 0 Å². The van der Waals surface area contributed by atoms with E-state index >= 15 is 0 Å². The standard InChI is InChI=1S/C15H20O2/c1-10(2)7-14(16)8-12(4)13-6-5-11(3)15(17)9-13/h5-7,9,12,17H,8H2,1-4H3. The zero-order valence-corrected chi connectivity index (χ0v) is 10.9. The Hall–Kier alpha value is -1.57. The minimum absolute atomic E-state index is 0.129. The molecular formula is C15H20O2. The van der Waals surface area contributed by atoms with Crippen LogP contribution in [0.25, 0.3) is 0 Å². The van der Waals surface area contributed by atoms with Gasteiger partial charge in [-0.3, -0.25) is 4.79 Å². The van der Waals surface area contributed by atoms with Crippen molar-refractivity contribution in [2.75, 3.05) is 0 Å². The lowest BCUT2D eigenvalue weighted by Crippen LogP contribution is -2.02. The van der Waals surface area contributed by atoms with Crippen molar-refractivity contribution in [2.45, 2.75) is 40.0 Å². The fourth-order valence-corrected chi connectivity index (χ4v) is 1.73. The number of allylic oxidation sites excluding steroid dienone is 2. The van der Waals surface area contributed by atoms with Crippen LogP contribution in [0.4, 0.5) is 0 Å². The van der Waals surface area contributed by atoms with Gasteiger partial charge in [0.15, 0.2) is 5.78 Å². The maximum Gasteiger partial charge on any atom is 0.156 e. The quantitative estimate of drug-likeness (QED) is 0.803. The lowest BCUT2D eigenvalue weighted by Gasteiger charge is -2.11. The van der Waals surface area contributed by atoms with Crippen molar-refractivity contribution in [3.8, 4) is 5.75 Å². The Kier molecular flexibility index (Phi) is 4.50. The molecule has 0 aromatic heterocycles. The van der Waals surface area contributed by atoms with Gasteiger partial charge in [0.05, 0.1) is 0 Å². The van der Waals surface area contributed by atoms with Gasteiger partial charge < -0.3 is 5.11 Å². The van der Waals surface area contributed by atoms with Crippen LogP contribution in [-0.4, -0.2) is 10.9 Å². The molecule has 0 spiro atoms. The number of hydrogen-bond acceptors (Lipinski definition) is 2. The van der Waals surface area contributed by atoms with Crippen LogP contribution in [0.3, 0.4) is 0 Å². The second kappa shape index (κ2) is 5.67. The molecule has 0 heterocycles. The van der Waals surface area contributed by atoms with Gasteiger partial charge in [-0.1, -0.05) is 24.6 Å². The summed E-state index contributed by atoms with van der Waals surface area (Å²) in [6.07, 6.45) is 2.15. The predicted octanol–water partition coefficient (Wildman–Crippen LogP) is 3.73. The van der Waals surface area contributed by atoms with Crippen molar-refractivity contribution in [3.05, 3.63) is 41.0 Å². The molecule has 0 aliphatic carbocycles. The minimum atomic E-state index is 0.129. The van der Waals surface area contributed by atoms with E-state index in [1.54, 1.807) is 12.1 Å². The Balaban J connectivity index is 2.76. The topological polar surface area (TPSA) is 37.3 Å². The van der Waals surface area contributed by atoms with Crippen LogP contribution >= 0.6 is 0 Å². The number of hydrogen-bond donors (Lipinski definition) is 1. The van der Waals surface area contributed by atoms with Gasteiger partial charge >= 0.3 is 0 Å². The maximum atomic E-state index is 11.7. The molecule has 92 valence electrons. The molecule has 0 saturated carbocycles. The highest BCUT2D eigenvalue weighted by Gasteiger charge is 2.10. The Morgan fingerprint density at radius 3 is 2.59 bits per heavy atom. The molecule has 0 radical (unpaired) electrons. The van der Waals surface area contributed by atoms with Gasteiger partial charge in [0.2, 0.25) is 0 Å². The second-order valence-electron chi connectivity index (χ2n) is 4.84. The maximum absolute atomic E-state index is 11.7. The molecule has 0 saturated heterocycles. The largest absolute Gasteiger partial charge is 0.508 e. The van der Waals surface area contributed by atoms with Crippen LogP contribution in [0.15, 0.2) is 29.8 Å². The van der Waals surface area contributed by atoms with Crippen molar-refractivity contribution in [1.82, 2.24) is 0 Å². The number of carbonyl (C=O) groups is 1. The fourth-order valence-electron chi connectivity index (χ4n) is 1.73. The van der Waals surface area contributed by atoms with E-state index in [9.17, 15) is 9.90 Å². The number of aryl methyl sites for hydroxylation is 1. The monoisotopic (exact) mass is 232 g/mol. The van der Waals surface area contributed by atoms with Crippen LogP contribution in [-0.2, 0) is 4.79 Å². The van der Waals surface area contributed by atoms with Gasteiger partial charge in [-0.05, 0) is 50.0 Å². The van der Waals surface area contributed by atoms with E-state index in [0.717, 1.165) is 16.7 Å². The van der Waals surface area contributed by atoms with E-state index in [1.165, 1.54) is 0 Å². The Bertz CT molecular complexity index is 440. The molecule has 1 N–H and O–H groups in total. The lowest BCUT2D eigenvalue weighted by molar-refractivity contribution is -0.114. The summed E-state index contributed by atoms with van der Waals surface area (Å²) in [6, 6.07) is 5.60. The van der Waals surface area contributed by atoms with Crippen LogP contribution in [0.5, 0.6) is 5.75 Å². The molecule has 1 aromatic carbocycles. The van der Waals surface area contributed by atoms with E-state index in [-0.39, 0.29) is 11.7 Å². The van der Waals surface area contributed by atoms with Crippen molar-refractivity contribution < 1.29 is 9.90 Å². The van der Waals surface area contributed by atoms with Crippen LogP contribution < -0.4 is 0 Å². The molecule has 1 aromatic rings. The summed E-state index contributed by atoms with van der Waals surface area (Å²) in [6.45, 7) is 7.69. The van der Waals surface area contributed by atoms with Gasteiger partial charge in [0, 0.05) is 6.42 Å². The van der Waals surface area contributed by atoms with Gasteiger partial charge in [0.1, 0.15) is 5.75 Å². The summed E-state index contributed by atoms with van der Waals surface area (Å²) in [5, 5.41) is 9.63. The molecule has 17 heavy (non-hydrogen) atoms. The van der Waals surface area contributed by atoms with Crippen molar-refractivity contribution in [2.24, 2.45) is 0 Å². The smallest absolute Gasteiger partial charge is 0.156 e. The highest BCUT2D eigenvalue weighted by Crippen LogP contribution is 2.25. The second-order valence-corrected chi connectivity index (χ2v) is 4.84. The number of carbonyl (C=O) groups excluding carboxylic acids is 1. The Labute approximate surface area is 103 Å². The summed E-state index contributed by atoms with van der Waals surface area (Å²) < 4.78 is 0. The zero-order chi connectivity index (χ0) is 13.0. The molecule has 0 fully saturated rings. The van der Waals surface area contributed by atoms with E-state index in [0.29, 0.717) is 12.2 Å². The van der Waals surface area contributed by atoms with Gasteiger partial charge in [0.25, 0.3) is 0 Å². The van der Waals surface area contributed by atoms with Crippen molar-refractivity contribution in [3.63, 3.8) is 0 Å². The van der Waals surface area contributed by atoms with Crippen LogP contribution in [0.1, 0.15) is 44.2 Å². The summed E-state index contributed by atoms with van der Waals surface area (Å²) in [5.41, 5.74) is 2.88. The Morgan fingerprint density at radius 1 is 1.41 bits per heavy atom. The number of benzene rings is 1. The molecule has 0 bridgehead atoms. The van der Waals surface area contributed by atoms with Gasteiger partial charge in [-0.25, -0.2) is 0 Å². The minimum Gasteiger partial charge on any atom is -0.508 e. The number of phenols is 1. The van der Waals surface area contributed by atoms with Crippen LogP contribution in [0, 0.1) is 6.92 Å². The zero-order valence-electron chi connectivity index (χ0n) is 10.9. The third kappa shape index (κ3) is 4.06. The van der Waals surface area contributed by atoms with Crippen molar-refractivity contribution >= 4 is 5.78 Å². The summed E-state index contributed by atoms with van der Waals surface area (Å²) >= 11 is 0. The molecule has 1 atom stereocenters. The van der Waals surface area contributed by atoms with E-state index in [4.69, 9.17) is 0 Å². The first-order valence-electron chi connectivity index (χ1n) is 5.87. The lowest BCUT2D eigenvalue weighted by atomic mass is 9.94. The average molecular weight is 232 g/mol. The van der Waals surface area contributed by atoms with Crippen LogP contribution in [0.2, 0.25) is 0 Å². The van der Waals surface area contributed by atoms with E-state index in [1.807, 2.05) is 39.8 Å². The SMILES string of the molecule is CC(C)=CC(=O)CC(C)c1ccc(C)c(O)c1. The number of phenolic OH excluding ortho intramolecular Hbond substituents is 1. The molecular weight excluding hydrogens is 212 g/mol. The van der Waals surface area contributed by atoms with Crippen molar-refractivity contribution in [1.29, 1.82) is 0 Å². The first kappa shape index (κ1) is 13.5. The number of aromatic hydroxyl groups is 1. The first-order chi connectivity index (χ1) is 7.90. The fraction of sp³-hybridized carbons (Fsp3) is 0.400. The summed E-state index contributed by atoms with van der Waals surface area (Å²) in [7, 11) is 0. The number of ketones is 1. The van der Waals surface area contributed by atoms with Gasteiger partial charge in [-0.2, -0.15) is 0 Å². The molecule has 0 aliphatic rings.